The molecule has 0 amide bonds. The number of aliphatic imine (C=N–C) groups is 1. The lowest BCUT2D eigenvalue weighted by atomic mass is 10.5. The second-order valence-corrected chi connectivity index (χ2v) is 0.947. The van der Waals surface area contributed by atoms with Crippen molar-refractivity contribution >= 4 is 6.72 Å². The molecule has 1 nitrogen and oxygen atoms in total. The van der Waals surface area contributed by atoms with E-state index in [1.54, 1.807) is 0 Å². The van der Waals surface area contributed by atoms with Gasteiger partial charge in [0.05, 0.1) is 0 Å². The van der Waals surface area contributed by atoms with E-state index in [2.05, 4.69) is 18.6 Å². The molecule has 0 saturated heterocycles. The van der Waals surface area contributed by atoms with Crippen molar-refractivity contribution in [3.63, 3.8) is 0 Å². The molecule has 0 fully saturated rings. The number of hydrogen-bond donors (Lipinski definition) is 0. The van der Waals surface area contributed by atoms with Gasteiger partial charge < -0.3 is 4.99 Å². The average Bonchev–Trinajstić information content (AvgIpc) is 1.75. The smallest absolute Gasteiger partial charge is 0.0379 e. The highest BCUT2D eigenvalue weighted by atomic mass is 14.7. The predicted octanol–water partition coefficient (Wildman–Crippen LogP) is 2.12. The second kappa shape index (κ2) is 17.3. The Morgan fingerprint density at radius 2 is 1.86 bits per heavy atom. The van der Waals surface area contributed by atoms with Crippen LogP contribution in [0, 0.1) is 0 Å². The maximum Gasteiger partial charge on any atom is 0.0379 e. The van der Waals surface area contributed by atoms with Gasteiger partial charge in [-0.1, -0.05) is 20.8 Å². The molecule has 0 spiro atoms. The molecule has 0 aliphatic carbocycles. The molecule has 0 atom stereocenters. The summed E-state index contributed by atoms with van der Waals surface area (Å²) in [4.78, 5) is 3.60. The molecular weight excluding hydrogens is 86.1 g/mol. The summed E-state index contributed by atoms with van der Waals surface area (Å²) in [7, 11) is 0. The summed E-state index contributed by atoms with van der Waals surface area (Å²) >= 11 is 0. The summed E-state index contributed by atoms with van der Waals surface area (Å²) in [6.07, 6.45) is 1.11. The monoisotopic (exact) mass is 101 g/mol. The van der Waals surface area contributed by atoms with Crippen molar-refractivity contribution in [2.45, 2.75) is 27.2 Å². The fourth-order valence-corrected chi connectivity index (χ4v) is 0.158. The first-order valence-corrected chi connectivity index (χ1v) is 2.84. The molecule has 0 bridgehead atoms. The van der Waals surface area contributed by atoms with Gasteiger partial charge in [-0.05, 0) is 13.1 Å². The van der Waals surface area contributed by atoms with E-state index in [1.165, 1.54) is 0 Å². The molecule has 0 radical (unpaired) electrons. The van der Waals surface area contributed by atoms with Crippen LogP contribution in [0.3, 0.4) is 0 Å². The summed E-state index contributed by atoms with van der Waals surface area (Å²) < 4.78 is 0. The van der Waals surface area contributed by atoms with E-state index >= 15 is 0 Å². The third-order valence-electron chi connectivity index (χ3n) is 0.382. The van der Waals surface area contributed by atoms with E-state index in [0.29, 0.717) is 0 Å². The minimum absolute atomic E-state index is 0.903. The Morgan fingerprint density at radius 1 is 1.43 bits per heavy atom. The van der Waals surface area contributed by atoms with Crippen LogP contribution in [0.25, 0.3) is 0 Å². The predicted molar refractivity (Wildman–Crippen MR) is 36.1 cm³/mol. The second-order valence-electron chi connectivity index (χ2n) is 0.947. The van der Waals surface area contributed by atoms with Crippen LogP contribution in [0.4, 0.5) is 0 Å². The van der Waals surface area contributed by atoms with Crippen LogP contribution < -0.4 is 0 Å². The van der Waals surface area contributed by atoms with E-state index in [4.69, 9.17) is 0 Å². The van der Waals surface area contributed by atoms with Gasteiger partial charge >= 0.3 is 0 Å². The highest BCUT2D eigenvalue weighted by Crippen LogP contribution is 1.70. The maximum atomic E-state index is 3.60. The Balaban J connectivity index is 0. The SMILES string of the molecule is C=NCCC.CC. The van der Waals surface area contributed by atoms with Crippen molar-refractivity contribution in [1.29, 1.82) is 0 Å². The number of rotatable bonds is 2. The fraction of sp³-hybridized carbons (Fsp3) is 0.833. The van der Waals surface area contributed by atoms with Crippen LogP contribution in [0.2, 0.25) is 0 Å². The molecule has 0 aliphatic rings. The first-order valence-electron chi connectivity index (χ1n) is 2.84. The van der Waals surface area contributed by atoms with Crippen LogP contribution in [-0.4, -0.2) is 13.3 Å². The highest BCUT2D eigenvalue weighted by Gasteiger charge is 1.61. The van der Waals surface area contributed by atoms with E-state index in [1.807, 2.05) is 13.8 Å². The molecule has 7 heavy (non-hydrogen) atoms. The molecule has 44 valence electrons. The molecule has 0 aliphatic heterocycles. The van der Waals surface area contributed by atoms with Crippen molar-refractivity contribution in [1.82, 2.24) is 0 Å². The Kier molecular flexibility index (Phi) is 24.4. The minimum Gasteiger partial charge on any atom is -0.301 e. The third-order valence-corrected chi connectivity index (χ3v) is 0.382. The lowest BCUT2D eigenvalue weighted by Gasteiger charge is -1.74. The summed E-state index contributed by atoms with van der Waals surface area (Å²) in [5, 5.41) is 0. The molecule has 0 aromatic heterocycles. The summed E-state index contributed by atoms with van der Waals surface area (Å²) in [5.74, 6) is 0. The quantitative estimate of drug-likeness (QED) is 0.472. The van der Waals surface area contributed by atoms with Crippen LogP contribution in [0.1, 0.15) is 27.2 Å². The number of nitrogens with zero attached hydrogens (tertiary/aromatic N) is 1. The maximum absolute atomic E-state index is 3.60. The molecule has 0 saturated carbocycles. The van der Waals surface area contributed by atoms with Crippen LogP contribution in [-0.2, 0) is 0 Å². The largest absolute Gasteiger partial charge is 0.301 e. The normalized spacial score (nSPS) is 6.14. The zero-order valence-electron chi connectivity index (χ0n) is 5.57. The molecule has 1 heteroatoms. The van der Waals surface area contributed by atoms with E-state index in [0.717, 1.165) is 13.0 Å². The van der Waals surface area contributed by atoms with Crippen molar-refractivity contribution in [3.05, 3.63) is 0 Å². The molecule has 0 aromatic carbocycles. The Labute approximate surface area is 46.5 Å². The van der Waals surface area contributed by atoms with Crippen molar-refractivity contribution in [2.75, 3.05) is 6.54 Å². The minimum atomic E-state index is 0.903. The molecule has 0 aromatic rings. The van der Waals surface area contributed by atoms with Crippen molar-refractivity contribution in [2.24, 2.45) is 4.99 Å². The van der Waals surface area contributed by atoms with Gasteiger partial charge in [0.1, 0.15) is 0 Å². The van der Waals surface area contributed by atoms with Crippen LogP contribution >= 0.6 is 0 Å². The standard InChI is InChI=1S/C4H9N.C2H6/c1-3-4-5-2;1-2/h2-4H2,1H3;1-2H3. The average molecular weight is 101 g/mol. The van der Waals surface area contributed by atoms with E-state index < -0.39 is 0 Å². The lowest BCUT2D eigenvalue weighted by molar-refractivity contribution is 0.940. The zero-order valence-corrected chi connectivity index (χ0v) is 5.57. The highest BCUT2D eigenvalue weighted by molar-refractivity contribution is 5.22. The molecule has 0 N–H and O–H groups in total. The van der Waals surface area contributed by atoms with Crippen molar-refractivity contribution < 1.29 is 0 Å². The zero-order chi connectivity index (χ0) is 6.12. The van der Waals surface area contributed by atoms with Gasteiger partial charge in [0.2, 0.25) is 0 Å². The fourth-order valence-electron chi connectivity index (χ4n) is 0.158. The first kappa shape index (κ1) is 9.83. The van der Waals surface area contributed by atoms with Gasteiger partial charge in [-0.3, -0.25) is 0 Å². The number of hydrogen-bond acceptors (Lipinski definition) is 1. The van der Waals surface area contributed by atoms with Gasteiger partial charge in [0.15, 0.2) is 0 Å². The van der Waals surface area contributed by atoms with Crippen LogP contribution in [0.15, 0.2) is 4.99 Å². The van der Waals surface area contributed by atoms with Crippen LogP contribution in [0.5, 0.6) is 0 Å². The molecule has 0 heterocycles. The Bertz CT molecular complexity index is 25.4. The van der Waals surface area contributed by atoms with Crippen molar-refractivity contribution in [3.8, 4) is 0 Å². The Morgan fingerprint density at radius 3 is 1.86 bits per heavy atom. The van der Waals surface area contributed by atoms with Gasteiger partial charge in [-0.2, -0.15) is 0 Å². The van der Waals surface area contributed by atoms with E-state index in [-0.39, 0.29) is 0 Å². The van der Waals surface area contributed by atoms with E-state index in [9.17, 15) is 0 Å². The first-order chi connectivity index (χ1) is 3.41. The topological polar surface area (TPSA) is 12.4 Å². The molecular formula is C6H15N. The van der Waals surface area contributed by atoms with Gasteiger partial charge in [-0.15, -0.1) is 0 Å². The summed E-state index contributed by atoms with van der Waals surface area (Å²) in [6.45, 7) is 10.3. The molecule has 0 unspecified atom stereocenters. The third kappa shape index (κ3) is 27.4. The Hall–Kier alpha value is -0.330. The molecule has 0 rings (SSSR count). The summed E-state index contributed by atoms with van der Waals surface area (Å²) in [6, 6.07) is 0. The van der Waals surface area contributed by atoms with Gasteiger partial charge in [0.25, 0.3) is 0 Å². The van der Waals surface area contributed by atoms with Gasteiger partial charge in [-0.25, -0.2) is 0 Å². The van der Waals surface area contributed by atoms with Gasteiger partial charge in [0, 0.05) is 6.54 Å². The summed E-state index contributed by atoms with van der Waals surface area (Å²) in [5.41, 5.74) is 0. The lowest BCUT2D eigenvalue weighted by Crippen LogP contribution is -1.67.